The smallest absolute Gasteiger partial charge is 0.410 e. The molecule has 5 nitrogen and oxygen atoms in total. The lowest BCUT2D eigenvalue weighted by Crippen LogP contribution is -2.51. The van der Waals surface area contributed by atoms with E-state index < -0.39 is 5.60 Å². The van der Waals surface area contributed by atoms with Crippen LogP contribution in [0.4, 0.5) is 4.79 Å². The summed E-state index contributed by atoms with van der Waals surface area (Å²) in [6.45, 7) is 6.81. The first-order valence-corrected chi connectivity index (χ1v) is 6.95. The van der Waals surface area contributed by atoms with Gasteiger partial charge in [-0.2, -0.15) is 0 Å². The van der Waals surface area contributed by atoms with E-state index in [4.69, 9.17) is 9.47 Å². The molecular formula is C14H23NO4. The van der Waals surface area contributed by atoms with Crippen LogP contribution in [0.5, 0.6) is 0 Å². The van der Waals surface area contributed by atoms with Crippen LogP contribution < -0.4 is 0 Å². The van der Waals surface area contributed by atoms with E-state index in [0.29, 0.717) is 13.1 Å². The van der Waals surface area contributed by atoms with Crippen molar-refractivity contribution in [2.45, 2.75) is 63.8 Å². The molecule has 1 unspecified atom stereocenters. The van der Waals surface area contributed by atoms with Crippen molar-refractivity contribution in [2.75, 3.05) is 13.1 Å². The van der Waals surface area contributed by atoms with Crippen molar-refractivity contribution in [1.29, 1.82) is 0 Å². The van der Waals surface area contributed by atoms with Crippen molar-refractivity contribution in [3.63, 3.8) is 0 Å². The second-order valence-corrected chi connectivity index (χ2v) is 6.52. The van der Waals surface area contributed by atoms with E-state index in [1.807, 2.05) is 20.8 Å². The fourth-order valence-corrected chi connectivity index (χ4v) is 2.82. The summed E-state index contributed by atoms with van der Waals surface area (Å²) in [6.07, 6.45) is 3.67. The molecule has 0 N–H and O–H groups in total. The molecule has 2 heterocycles. The first-order chi connectivity index (χ1) is 8.84. The normalized spacial score (nSPS) is 31.5. The lowest BCUT2D eigenvalue weighted by molar-refractivity contribution is -0.127. The van der Waals surface area contributed by atoms with Crippen LogP contribution in [0.3, 0.4) is 0 Å². The highest BCUT2D eigenvalue weighted by atomic mass is 16.6. The molecule has 2 saturated heterocycles. The van der Waals surface area contributed by atoms with Crippen molar-refractivity contribution in [3.05, 3.63) is 0 Å². The van der Waals surface area contributed by atoms with Crippen molar-refractivity contribution in [3.8, 4) is 0 Å². The molecule has 1 amide bonds. The highest BCUT2D eigenvalue weighted by Crippen LogP contribution is 2.37. The SMILES string of the molecule is CC(C)(C)OC(=O)N1CCCC2(CC[C@H](C=O)O2)C1. The van der Waals surface area contributed by atoms with Gasteiger partial charge >= 0.3 is 6.09 Å². The van der Waals surface area contributed by atoms with Crippen molar-refractivity contribution >= 4 is 12.4 Å². The average Bonchev–Trinajstić information content (AvgIpc) is 2.70. The Bertz CT molecular complexity index is 363. The summed E-state index contributed by atoms with van der Waals surface area (Å²) >= 11 is 0. The molecule has 2 aliphatic rings. The highest BCUT2D eigenvalue weighted by Gasteiger charge is 2.44. The third-order valence-corrected chi connectivity index (χ3v) is 3.63. The summed E-state index contributed by atoms with van der Waals surface area (Å²) in [5, 5.41) is 0. The summed E-state index contributed by atoms with van der Waals surface area (Å²) in [4.78, 5) is 24.6. The van der Waals surface area contributed by atoms with Gasteiger partial charge in [-0.15, -0.1) is 0 Å². The number of aldehydes is 1. The Hall–Kier alpha value is -1.10. The van der Waals surface area contributed by atoms with Crippen LogP contribution in [0.25, 0.3) is 0 Å². The molecule has 5 heteroatoms. The highest BCUT2D eigenvalue weighted by molar-refractivity contribution is 5.68. The number of piperidine rings is 1. The Morgan fingerprint density at radius 3 is 2.74 bits per heavy atom. The van der Waals surface area contributed by atoms with Crippen molar-refractivity contribution in [2.24, 2.45) is 0 Å². The monoisotopic (exact) mass is 269 g/mol. The molecule has 1 spiro atoms. The fourth-order valence-electron chi connectivity index (χ4n) is 2.82. The van der Waals surface area contributed by atoms with Gasteiger partial charge in [0.2, 0.25) is 0 Å². The quantitative estimate of drug-likeness (QED) is 0.684. The lowest BCUT2D eigenvalue weighted by Gasteiger charge is -2.40. The third kappa shape index (κ3) is 3.47. The zero-order chi connectivity index (χ0) is 14.1. The van der Waals surface area contributed by atoms with Crippen LogP contribution in [0.1, 0.15) is 46.5 Å². The predicted octanol–water partition coefficient (Wildman–Crippen LogP) is 2.13. The van der Waals surface area contributed by atoms with Gasteiger partial charge < -0.3 is 19.2 Å². The number of hydrogen-bond donors (Lipinski definition) is 0. The molecular weight excluding hydrogens is 246 g/mol. The first-order valence-electron chi connectivity index (χ1n) is 6.95. The minimum atomic E-state index is -0.483. The predicted molar refractivity (Wildman–Crippen MR) is 69.9 cm³/mol. The first kappa shape index (κ1) is 14.3. The number of carbonyl (C=O) groups excluding carboxylic acids is 2. The van der Waals surface area contributed by atoms with Gasteiger partial charge in [0.15, 0.2) is 0 Å². The second-order valence-electron chi connectivity index (χ2n) is 6.52. The van der Waals surface area contributed by atoms with E-state index in [2.05, 4.69) is 0 Å². The summed E-state index contributed by atoms with van der Waals surface area (Å²) in [7, 11) is 0. The van der Waals surface area contributed by atoms with E-state index >= 15 is 0 Å². The maximum Gasteiger partial charge on any atom is 0.410 e. The Kier molecular flexibility index (Phi) is 3.85. The van der Waals surface area contributed by atoms with Crippen LogP contribution in [0.15, 0.2) is 0 Å². The van der Waals surface area contributed by atoms with Gasteiger partial charge in [-0.1, -0.05) is 0 Å². The van der Waals surface area contributed by atoms with Crippen LogP contribution in [-0.4, -0.2) is 47.7 Å². The number of hydrogen-bond acceptors (Lipinski definition) is 4. The Labute approximate surface area is 114 Å². The summed E-state index contributed by atoms with van der Waals surface area (Å²) in [5.74, 6) is 0. The molecule has 0 saturated carbocycles. The van der Waals surface area contributed by atoms with Gasteiger partial charge in [0, 0.05) is 6.54 Å². The van der Waals surface area contributed by atoms with Gasteiger partial charge in [0.05, 0.1) is 12.1 Å². The summed E-state index contributed by atoms with van der Waals surface area (Å²) in [6, 6.07) is 0. The van der Waals surface area contributed by atoms with Crippen LogP contribution >= 0.6 is 0 Å². The van der Waals surface area contributed by atoms with Gasteiger partial charge in [-0.05, 0) is 46.5 Å². The van der Waals surface area contributed by atoms with E-state index in [0.717, 1.165) is 32.0 Å². The molecule has 0 aromatic carbocycles. The fraction of sp³-hybridized carbons (Fsp3) is 0.857. The lowest BCUT2D eigenvalue weighted by atomic mass is 9.90. The number of likely N-dealkylation sites (tertiary alicyclic amines) is 1. The molecule has 19 heavy (non-hydrogen) atoms. The molecule has 2 aliphatic heterocycles. The van der Waals surface area contributed by atoms with Crippen LogP contribution in [0, 0.1) is 0 Å². The van der Waals surface area contributed by atoms with Crippen molar-refractivity contribution in [1.82, 2.24) is 4.90 Å². The molecule has 0 aromatic heterocycles. The summed E-state index contributed by atoms with van der Waals surface area (Å²) < 4.78 is 11.2. The number of nitrogens with zero attached hydrogens (tertiary/aromatic N) is 1. The molecule has 0 radical (unpaired) electrons. The van der Waals surface area contributed by atoms with E-state index in [9.17, 15) is 9.59 Å². The number of rotatable bonds is 1. The molecule has 0 aliphatic carbocycles. The zero-order valence-electron chi connectivity index (χ0n) is 12.0. The molecule has 2 atom stereocenters. The number of amides is 1. The minimum Gasteiger partial charge on any atom is -0.444 e. The Balaban J connectivity index is 1.98. The minimum absolute atomic E-state index is 0.287. The van der Waals surface area contributed by atoms with Crippen LogP contribution in [0.2, 0.25) is 0 Å². The standard InChI is InChI=1S/C14H23NO4/c1-13(2,3)19-12(17)15-8-4-6-14(10-15)7-5-11(9-16)18-14/h9,11H,4-8,10H2,1-3H3/t11-,14?/m1/s1. The van der Waals surface area contributed by atoms with Gasteiger partial charge in [0.25, 0.3) is 0 Å². The van der Waals surface area contributed by atoms with Gasteiger partial charge in [-0.25, -0.2) is 4.79 Å². The van der Waals surface area contributed by atoms with Crippen LogP contribution in [-0.2, 0) is 14.3 Å². The Morgan fingerprint density at radius 1 is 1.42 bits per heavy atom. The van der Waals surface area contributed by atoms with E-state index in [1.165, 1.54) is 0 Å². The molecule has 2 rings (SSSR count). The summed E-state index contributed by atoms with van der Waals surface area (Å²) in [5.41, 5.74) is -0.815. The maximum atomic E-state index is 12.1. The molecule has 0 aromatic rings. The molecule has 0 bridgehead atoms. The van der Waals surface area contributed by atoms with E-state index in [-0.39, 0.29) is 17.8 Å². The average molecular weight is 269 g/mol. The zero-order valence-corrected chi connectivity index (χ0v) is 12.0. The molecule has 108 valence electrons. The largest absolute Gasteiger partial charge is 0.444 e. The Morgan fingerprint density at radius 2 is 2.16 bits per heavy atom. The topological polar surface area (TPSA) is 55.8 Å². The van der Waals surface area contributed by atoms with E-state index in [1.54, 1.807) is 4.90 Å². The van der Waals surface area contributed by atoms with Gasteiger partial charge in [0.1, 0.15) is 18.0 Å². The number of ether oxygens (including phenoxy) is 2. The maximum absolute atomic E-state index is 12.1. The number of carbonyl (C=O) groups is 2. The van der Waals surface area contributed by atoms with Gasteiger partial charge in [-0.3, -0.25) is 0 Å². The molecule has 2 fully saturated rings. The second kappa shape index (κ2) is 5.12. The van der Waals surface area contributed by atoms with Crippen molar-refractivity contribution < 1.29 is 19.1 Å². The third-order valence-electron chi connectivity index (χ3n) is 3.63.